The molecule has 0 atom stereocenters. The molecule has 0 heterocycles. The van der Waals surface area contributed by atoms with Crippen LogP contribution in [0, 0.1) is 0 Å². The van der Waals surface area contributed by atoms with Crippen LogP contribution in [-0.2, 0) is 21.4 Å². The highest BCUT2D eigenvalue weighted by molar-refractivity contribution is 7.89. The average molecular weight is 320 g/mol. The summed E-state index contributed by atoms with van der Waals surface area (Å²) in [6.45, 7) is 2.60. The minimum Gasteiger partial charge on any atom is -0.356 e. The zero-order valence-electron chi connectivity index (χ0n) is 11.1. The predicted molar refractivity (Wildman–Crippen MR) is 77.8 cm³/mol. The maximum atomic E-state index is 12.0. The van der Waals surface area contributed by atoms with Gasteiger partial charge in [-0.2, -0.15) is 0 Å². The highest BCUT2D eigenvalue weighted by Gasteiger charge is 2.17. The van der Waals surface area contributed by atoms with Gasteiger partial charge in [0.1, 0.15) is 4.90 Å². The second-order valence-electron chi connectivity index (χ2n) is 4.07. The molecule has 0 unspecified atom stereocenters. The lowest BCUT2D eigenvalue weighted by Crippen LogP contribution is -2.30. The largest absolute Gasteiger partial charge is 0.356 e. The Labute approximate surface area is 123 Å². The molecule has 0 fully saturated rings. The first kappa shape index (κ1) is 16.9. The van der Waals surface area contributed by atoms with E-state index in [1.165, 1.54) is 12.1 Å². The Hall–Kier alpha value is -1.15. The van der Waals surface area contributed by atoms with Crippen molar-refractivity contribution in [1.29, 1.82) is 0 Å². The molecule has 0 saturated carbocycles. The molecule has 0 radical (unpaired) electrons. The molecular formula is C12H18ClN3O3S. The molecule has 0 aliphatic heterocycles. The van der Waals surface area contributed by atoms with Crippen molar-refractivity contribution < 1.29 is 13.2 Å². The Bertz CT molecular complexity index is 575. The molecule has 1 rings (SSSR count). The highest BCUT2D eigenvalue weighted by atomic mass is 35.5. The lowest BCUT2D eigenvalue weighted by Gasteiger charge is -2.09. The van der Waals surface area contributed by atoms with Crippen molar-refractivity contribution in [3.63, 3.8) is 0 Å². The van der Waals surface area contributed by atoms with E-state index in [1.54, 1.807) is 13.0 Å². The minimum atomic E-state index is -3.73. The smallest absolute Gasteiger partial charge is 0.242 e. The fourth-order valence-electron chi connectivity index (χ4n) is 1.55. The summed E-state index contributed by atoms with van der Waals surface area (Å²) in [7, 11) is -3.73. The molecule has 0 spiro atoms. The van der Waals surface area contributed by atoms with Crippen molar-refractivity contribution in [2.24, 2.45) is 5.73 Å². The molecule has 8 heteroatoms. The van der Waals surface area contributed by atoms with Crippen LogP contribution in [0.1, 0.15) is 18.9 Å². The summed E-state index contributed by atoms with van der Waals surface area (Å²) in [6.07, 6.45) is 0.0750. The van der Waals surface area contributed by atoms with E-state index in [4.69, 9.17) is 17.3 Å². The number of nitrogens with two attached hydrogens (primary N) is 1. The van der Waals surface area contributed by atoms with E-state index >= 15 is 0 Å². The van der Waals surface area contributed by atoms with Gasteiger partial charge in [-0.05, 0) is 24.6 Å². The Kier molecular flexibility index (Phi) is 6.41. The summed E-state index contributed by atoms with van der Waals surface area (Å²) in [6, 6.07) is 4.52. The first-order valence-electron chi connectivity index (χ1n) is 6.15. The summed E-state index contributed by atoms with van der Waals surface area (Å²) in [5.74, 6) is -0.209. The number of carbonyl (C=O) groups excluding carboxylic acids is 1. The van der Waals surface area contributed by atoms with E-state index in [-0.39, 0.29) is 35.3 Å². The van der Waals surface area contributed by atoms with Crippen LogP contribution in [0.3, 0.4) is 0 Å². The van der Waals surface area contributed by atoms with Gasteiger partial charge in [0.15, 0.2) is 0 Å². The molecule has 4 N–H and O–H groups in total. The molecule has 6 nitrogen and oxygen atoms in total. The fourth-order valence-corrected chi connectivity index (χ4v) is 3.15. The van der Waals surface area contributed by atoms with Gasteiger partial charge in [-0.3, -0.25) is 4.79 Å². The number of sulfonamides is 1. The number of nitrogens with one attached hydrogen (secondary N) is 2. The van der Waals surface area contributed by atoms with E-state index < -0.39 is 10.0 Å². The molecule has 0 aliphatic rings. The highest BCUT2D eigenvalue weighted by Crippen LogP contribution is 2.22. The van der Waals surface area contributed by atoms with E-state index in [0.29, 0.717) is 6.54 Å². The number of amides is 1. The molecule has 1 aromatic rings. The number of benzene rings is 1. The summed E-state index contributed by atoms with van der Waals surface area (Å²) in [5.41, 5.74) is 6.20. The molecule has 1 amide bonds. The van der Waals surface area contributed by atoms with E-state index in [1.807, 2.05) is 0 Å². The van der Waals surface area contributed by atoms with Gasteiger partial charge in [-0.1, -0.05) is 17.7 Å². The second kappa shape index (κ2) is 7.58. The first-order valence-corrected chi connectivity index (χ1v) is 8.01. The topological polar surface area (TPSA) is 101 Å². The molecule has 0 aliphatic carbocycles. The third kappa shape index (κ3) is 4.75. The van der Waals surface area contributed by atoms with Crippen LogP contribution < -0.4 is 15.8 Å². The van der Waals surface area contributed by atoms with Crippen molar-refractivity contribution >= 4 is 27.5 Å². The maximum absolute atomic E-state index is 12.0. The molecule has 112 valence electrons. The number of carbonyl (C=O) groups is 1. The van der Waals surface area contributed by atoms with Gasteiger partial charge in [0.2, 0.25) is 15.9 Å². The monoisotopic (exact) mass is 319 g/mol. The Balaban J connectivity index is 2.72. The molecule has 20 heavy (non-hydrogen) atoms. The minimum absolute atomic E-state index is 0.0170. The number of hydrogen-bond donors (Lipinski definition) is 3. The fraction of sp³-hybridized carbons (Fsp3) is 0.417. The Morgan fingerprint density at radius 3 is 2.65 bits per heavy atom. The zero-order valence-corrected chi connectivity index (χ0v) is 12.7. The average Bonchev–Trinajstić information content (AvgIpc) is 2.38. The SMILES string of the molecule is CCNC(=O)CCNS(=O)(=O)c1ccc(CN)cc1Cl. The third-order valence-corrected chi connectivity index (χ3v) is 4.48. The normalized spacial score (nSPS) is 11.3. The number of rotatable bonds is 7. The second-order valence-corrected chi connectivity index (χ2v) is 6.21. The van der Waals surface area contributed by atoms with Crippen LogP contribution in [0.25, 0.3) is 0 Å². The van der Waals surface area contributed by atoms with Gasteiger partial charge >= 0.3 is 0 Å². The number of halogens is 1. The predicted octanol–water partition coefficient (Wildman–Crippen LogP) is 0.603. The van der Waals surface area contributed by atoms with Crippen molar-refractivity contribution in [2.75, 3.05) is 13.1 Å². The van der Waals surface area contributed by atoms with Crippen molar-refractivity contribution in [3.05, 3.63) is 28.8 Å². The summed E-state index contributed by atoms with van der Waals surface area (Å²) < 4.78 is 26.4. The third-order valence-electron chi connectivity index (χ3n) is 2.54. The van der Waals surface area contributed by atoms with Crippen LogP contribution >= 0.6 is 11.6 Å². The molecular weight excluding hydrogens is 302 g/mol. The van der Waals surface area contributed by atoms with Crippen LogP contribution in [0.2, 0.25) is 5.02 Å². The van der Waals surface area contributed by atoms with Gasteiger partial charge in [-0.15, -0.1) is 0 Å². The van der Waals surface area contributed by atoms with E-state index in [9.17, 15) is 13.2 Å². The van der Waals surface area contributed by atoms with Crippen LogP contribution in [-0.4, -0.2) is 27.4 Å². The molecule has 0 bridgehead atoms. The van der Waals surface area contributed by atoms with E-state index in [0.717, 1.165) is 5.56 Å². The van der Waals surface area contributed by atoms with Crippen LogP contribution in [0.15, 0.2) is 23.1 Å². The van der Waals surface area contributed by atoms with Gasteiger partial charge < -0.3 is 11.1 Å². The van der Waals surface area contributed by atoms with Gasteiger partial charge in [-0.25, -0.2) is 13.1 Å². The summed E-state index contributed by atoms with van der Waals surface area (Å²) in [4.78, 5) is 11.2. The Morgan fingerprint density at radius 2 is 2.10 bits per heavy atom. The van der Waals surface area contributed by atoms with Crippen molar-refractivity contribution in [2.45, 2.75) is 24.8 Å². The van der Waals surface area contributed by atoms with Gasteiger partial charge in [0.05, 0.1) is 5.02 Å². The quantitative estimate of drug-likeness (QED) is 0.685. The van der Waals surface area contributed by atoms with Gasteiger partial charge in [0.25, 0.3) is 0 Å². The standard InChI is InChI=1S/C12H18ClN3O3S/c1-2-15-12(17)5-6-16-20(18,19)11-4-3-9(8-14)7-10(11)13/h3-4,7,16H,2,5-6,8,14H2,1H3,(H,15,17). The lowest BCUT2D eigenvalue weighted by atomic mass is 10.2. The van der Waals surface area contributed by atoms with Gasteiger partial charge in [0, 0.05) is 26.1 Å². The molecule has 1 aromatic carbocycles. The Morgan fingerprint density at radius 1 is 1.40 bits per heavy atom. The van der Waals surface area contributed by atoms with E-state index in [2.05, 4.69) is 10.0 Å². The van der Waals surface area contributed by atoms with Crippen molar-refractivity contribution in [3.8, 4) is 0 Å². The molecule has 0 aromatic heterocycles. The number of hydrogen-bond acceptors (Lipinski definition) is 4. The maximum Gasteiger partial charge on any atom is 0.242 e. The van der Waals surface area contributed by atoms with Crippen LogP contribution in [0.4, 0.5) is 0 Å². The van der Waals surface area contributed by atoms with Crippen molar-refractivity contribution in [1.82, 2.24) is 10.0 Å². The molecule has 0 saturated heterocycles. The van der Waals surface area contributed by atoms with Crippen LogP contribution in [0.5, 0.6) is 0 Å². The first-order chi connectivity index (χ1) is 9.40. The summed E-state index contributed by atoms with van der Waals surface area (Å²) in [5, 5.41) is 2.69. The summed E-state index contributed by atoms with van der Waals surface area (Å²) >= 11 is 5.93. The zero-order chi connectivity index (χ0) is 15.2. The lowest BCUT2D eigenvalue weighted by molar-refractivity contribution is -0.120.